The smallest absolute Gasteiger partial charge is 0.355 e. The van der Waals surface area contributed by atoms with Crippen LogP contribution in [0.25, 0.3) is 0 Å². The topological polar surface area (TPSA) is 29.1 Å². The van der Waals surface area contributed by atoms with Crippen LogP contribution in [0.4, 0.5) is 13.2 Å². The number of carbonyl (C=O) groups is 1. The zero-order valence-corrected chi connectivity index (χ0v) is 15.0. The van der Waals surface area contributed by atoms with E-state index in [-0.39, 0.29) is 11.2 Å². The molecule has 134 valence electrons. The van der Waals surface area contributed by atoms with E-state index in [0.717, 1.165) is 12.1 Å². The van der Waals surface area contributed by atoms with Gasteiger partial charge in [-0.3, -0.25) is 4.79 Å². The van der Waals surface area contributed by atoms with Crippen molar-refractivity contribution in [2.75, 3.05) is 12.8 Å². The number of allylic oxidation sites excluding steroid dienone is 2. The van der Waals surface area contributed by atoms with Crippen molar-refractivity contribution in [2.24, 2.45) is 5.92 Å². The number of rotatable bonds is 8. The van der Waals surface area contributed by atoms with Gasteiger partial charge in [0.15, 0.2) is 0 Å². The fraction of sp³-hybridized carbons (Fsp3) is 0.500. The summed E-state index contributed by atoms with van der Waals surface area (Å²) >= 11 is 1.47. The molecular formula is C18H24F3NOS. The second-order valence-electron chi connectivity index (χ2n) is 5.97. The van der Waals surface area contributed by atoms with E-state index < -0.39 is 11.7 Å². The van der Waals surface area contributed by atoms with Gasteiger partial charge in [0.05, 0.1) is 10.8 Å². The Morgan fingerprint density at radius 2 is 2.00 bits per heavy atom. The normalized spacial score (nSPS) is 13.5. The van der Waals surface area contributed by atoms with E-state index >= 15 is 0 Å². The zero-order valence-electron chi connectivity index (χ0n) is 14.2. The number of hydrogen-bond acceptors (Lipinski definition) is 2. The highest BCUT2D eigenvalue weighted by molar-refractivity contribution is 7.99. The minimum absolute atomic E-state index is 0.0000752. The second-order valence-corrected chi connectivity index (χ2v) is 7.01. The van der Waals surface area contributed by atoms with Gasteiger partial charge in [0.25, 0.3) is 0 Å². The predicted molar refractivity (Wildman–Crippen MR) is 94.1 cm³/mol. The van der Waals surface area contributed by atoms with E-state index in [9.17, 15) is 18.0 Å². The van der Waals surface area contributed by atoms with Crippen LogP contribution < -0.4 is 5.32 Å². The maximum atomic E-state index is 12.7. The van der Waals surface area contributed by atoms with Gasteiger partial charge in [0, 0.05) is 6.54 Å². The summed E-state index contributed by atoms with van der Waals surface area (Å²) < 4.78 is 38.0. The third kappa shape index (κ3) is 7.43. The first kappa shape index (κ1) is 20.6. The molecule has 0 fully saturated rings. The molecule has 0 bridgehead atoms. The lowest BCUT2D eigenvalue weighted by atomic mass is 10.1. The molecule has 0 radical (unpaired) electrons. The molecule has 0 saturated carbocycles. The number of hydrogen-bond donors (Lipinski definition) is 1. The van der Waals surface area contributed by atoms with Gasteiger partial charge in [-0.25, -0.2) is 0 Å². The minimum atomic E-state index is -4.32. The van der Waals surface area contributed by atoms with Crippen molar-refractivity contribution in [2.45, 2.75) is 38.1 Å². The summed E-state index contributed by atoms with van der Waals surface area (Å²) in [6.45, 7) is 4.70. The molecule has 2 nitrogen and oxygen atoms in total. The maximum Gasteiger partial charge on any atom is 0.416 e. The SMILES string of the molecule is CSC(C/C=C/Cc1cccc(C(F)(F)F)c1)C(=O)NCC(C)C. The third-order valence-electron chi connectivity index (χ3n) is 3.39. The summed E-state index contributed by atoms with van der Waals surface area (Å²) in [4.78, 5) is 12.0. The molecule has 0 spiro atoms. The molecular weight excluding hydrogens is 335 g/mol. The fourth-order valence-electron chi connectivity index (χ4n) is 2.04. The van der Waals surface area contributed by atoms with Gasteiger partial charge in [-0.05, 0) is 36.6 Å². The fourth-order valence-corrected chi connectivity index (χ4v) is 2.64. The Balaban J connectivity index is 2.53. The van der Waals surface area contributed by atoms with E-state index in [4.69, 9.17) is 0 Å². The standard InChI is InChI=1S/C18H24F3NOS/c1-13(2)12-22-17(23)16(24-3)10-5-4-7-14-8-6-9-15(11-14)18(19,20)21/h4-6,8-9,11,13,16H,7,10,12H2,1-3H3,(H,22,23)/b5-4+. The summed E-state index contributed by atoms with van der Waals surface area (Å²) in [6, 6.07) is 5.30. The van der Waals surface area contributed by atoms with Crippen molar-refractivity contribution in [3.8, 4) is 0 Å². The highest BCUT2D eigenvalue weighted by Crippen LogP contribution is 2.29. The van der Waals surface area contributed by atoms with Gasteiger partial charge in [-0.15, -0.1) is 0 Å². The molecule has 1 N–H and O–H groups in total. The summed E-state index contributed by atoms with van der Waals surface area (Å²) in [5.41, 5.74) is -0.0329. The molecule has 1 rings (SSSR count). The molecule has 1 atom stereocenters. The maximum absolute atomic E-state index is 12.7. The number of carbonyl (C=O) groups excluding carboxylic acids is 1. The molecule has 0 aliphatic heterocycles. The van der Waals surface area contributed by atoms with Crippen LogP contribution in [0.5, 0.6) is 0 Å². The van der Waals surface area contributed by atoms with Crippen molar-refractivity contribution >= 4 is 17.7 Å². The van der Waals surface area contributed by atoms with E-state index in [1.165, 1.54) is 17.8 Å². The average Bonchev–Trinajstić information content (AvgIpc) is 2.52. The quantitative estimate of drug-likeness (QED) is 0.682. The van der Waals surface area contributed by atoms with Gasteiger partial charge in [0.1, 0.15) is 0 Å². The second kappa shape index (κ2) is 9.77. The molecule has 0 heterocycles. The molecule has 6 heteroatoms. The monoisotopic (exact) mass is 359 g/mol. The van der Waals surface area contributed by atoms with Crippen molar-refractivity contribution in [3.63, 3.8) is 0 Å². The van der Waals surface area contributed by atoms with Crippen LogP contribution in [0, 0.1) is 5.92 Å². The molecule has 0 aromatic heterocycles. The molecule has 24 heavy (non-hydrogen) atoms. The highest BCUT2D eigenvalue weighted by Gasteiger charge is 2.30. The Morgan fingerprint density at radius 3 is 2.58 bits per heavy atom. The zero-order chi connectivity index (χ0) is 18.2. The van der Waals surface area contributed by atoms with Crippen LogP contribution >= 0.6 is 11.8 Å². The Kier molecular flexibility index (Phi) is 8.39. The molecule has 1 amide bonds. The lowest BCUT2D eigenvalue weighted by Gasteiger charge is -2.14. The molecule has 0 aliphatic carbocycles. The number of benzene rings is 1. The number of amides is 1. The van der Waals surface area contributed by atoms with Gasteiger partial charge >= 0.3 is 6.18 Å². The largest absolute Gasteiger partial charge is 0.416 e. The first-order valence-electron chi connectivity index (χ1n) is 7.85. The van der Waals surface area contributed by atoms with Crippen LogP contribution in [0.15, 0.2) is 36.4 Å². The van der Waals surface area contributed by atoms with Crippen LogP contribution in [0.1, 0.15) is 31.4 Å². The summed E-state index contributed by atoms with van der Waals surface area (Å²) in [5, 5.41) is 2.72. The van der Waals surface area contributed by atoms with Crippen molar-refractivity contribution in [3.05, 3.63) is 47.5 Å². The lowest BCUT2D eigenvalue weighted by Crippen LogP contribution is -2.34. The first-order chi connectivity index (χ1) is 11.2. The van der Waals surface area contributed by atoms with E-state index in [0.29, 0.717) is 30.9 Å². The van der Waals surface area contributed by atoms with Crippen molar-refractivity contribution < 1.29 is 18.0 Å². The third-order valence-corrected chi connectivity index (χ3v) is 4.36. The summed E-state index contributed by atoms with van der Waals surface area (Å²) in [6.07, 6.45) is 2.20. The number of nitrogens with one attached hydrogen (secondary N) is 1. The lowest BCUT2D eigenvalue weighted by molar-refractivity contribution is -0.137. The Morgan fingerprint density at radius 1 is 1.29 bits per heavy atom. The van der Waals surface area contributed by atoms with Gasteiger partial charge in [-0.1, -0.05) is 44.2 Å². The molecule has 0 saturated heterocycles. The Bertz CT molecular complexity index is 555. The van der Waals surface area contributed by atoms with Crippen LogP contribution in [0.3, 0.4) is 0 Å². The average molecular weight is 359 g/mol. The molecule has 1 unspecified atom stereocenters. The van der Waals surface area contributed by atoms with Crippen LogP contribution in [-0.2, 0) is 17.4 Å². The first-order valence-corrected chi connectivity index (χ1v) is 9.14. The highest BCUT2D eigenvalue weighted by atomic mass is 32.2. The van der Waals surface area contributed by atoms with Gasteiger partial charge in [0.2, 0.25) is 5.91 Å². The number of thioether (sulfide) groups is 1. The van der Waals surface area contributed by atoms with Crippen molar-refractivity contribution in [1.82, 2.24) is 5.32 Å². The van der Waals surface area contributed by atoms with E-state index in [2.05, 4.69) is 5.32 Å². The predicted octanol–water partition coefficient (Wildman–Crippen LogP) is 4.70. The van der Waals surface area contributed by atoms with Gasteiger partial charge in [-0.2, -0.15) is 24.9 Å². The van der Waals surface area contributed by atoms with Crippen molar-refractivity contribution in [1.29, 1.82) is 0 Å². The van der Waals surface area contributed by atoms with Gasteiger partial charge < -0.3 is 5.32 Å². The van der Waals surface area contributed by atoms with Crippen LogP contribution in [0.2, 0.25) is 0 Å². The Labute approximate surface area is 145 Å². The summed E-state index contributed by atoms with van der Waals surface area (Å²) in [7, 11) is 0. The van der Waals surface area contributed by atoms with E-state index in [1.54, 1.807) is 6.07 Å². The number of halogens is 3. The molecule has 0 aliphatic rings. The van der Waals surface area contributed by atoms with E-state index in [1.807, 2.05) is 32.3 Å². The number of alkyl halides is 3. The molecule has 1 aromatic carbocycles. The summed E-state index contributed by atoms with van der Waals surface area (Å²) in [5.74, 6) is 0.396. The minimum Gasteiger partial charge on any atom is -0.355 e. The Hall–Kier alpha value is -1.43. The van der Waals surface area contributed by atoms with Crippen LogP contribution in [-0.4, -0.2) is 24.0 Å². The molecule has 1 aromatic rings.